The Morgan fingerprint density at radius 3 is 2.50 bits per heavy atom. The highest BCUT2D eigenvalue weighted by Gasteiger charge is 2.12. The molecule has 0 aromatic rings. The summed E-state index contributed by atoms with van der Waals surface area (Å²) >= 11 is 0. The van der Waals surface area contributed by atoms with Gasteiger partial charge in [0.05, 0.1) is 25.5 Å². The van der Waals surface area contributed by atoms with Gasteiger partial charge in [0, 0.05) is 19.3 Å². The molecule has 1 aliphatic rings. The topological polar surface area (TPSA) is 85.0 Å². The number of nitrogens with two attached hydrogens (primary N) is 1. The lowest BCUT2D eigenvalue weighted by atomic mass is 10.4. The first-order valence-electron chi connectivity index (χ1n) is 4.79. The van der Waals surface area contributed by atoms with Crippen molar-refractivity contribution in [3.05, 3.63) is 0 Å². The third kappa shape index (κ3) is 6.48. The van der Waals surface area contributed by atoms with Gasteiger partial charge in [-0.3, -0.25) is 4.99 Å². The number of sulfone groups is 1. The summed E-state index contributed by atoms with van der Waals surface area (Å²) in [5.74, 6) is 0.444. The van der Waals surface area contributed by atoms with Crippen molar-refractivity contribution in [2.75, 3.05) is 44.9 Å². The second-order valence-corrected chi connectivity index (χ2v) is 5.73. The van der Waals surface area contributed by atoms with E-state index in [0.717, 1.165) is 0 Å². The van der Waals surface area contributed by atoms with Crippen molar-refractivity contribution >= 4 is 39.8 Å². The predicted molar refractivity (Wildman–Crippen MR) is 74.0 cm³/mol. The van der Waals surface area contributed by atoms with E-state index in [1.54, 1.807) is 0 Å². The molecule has 0 unspecified atom stereocenters. The first-order chi connectivity index (χ1) is 6.99. The zero-order chi connectivity index (χ0) is 11.3. The average Bonchev–Trinajstić information content (AvgIpc) is 2.17. The van der Waals surface area contributed by atoms with Gasteiger partial charge in [-0.2, -0.15) is 0 Å². The minimum atomic E-state index is -2.96. The summed E-state index contributed by atoms with van der Waals surface area (Å²) in [4.78, 5) is 5.91. The Bertz CT molecular complexity index is 325. The van der Waals surface area contributed by atoms with E-state index in [0.29, 0.717) is 32.3 Å². The molecule has 0 radical (unpaired) electrons. The van der Waals surface area contributed by atoms with Crippen LogP contribution in [0.1, 0.15) is 0 Å². The van der Waals surface area contributed by atoms with E-state index in [4.69, 9.17) is 10.5 Å². The van der Waals surface area contributed by atoms with Gasteiger partial charge in [0.25, 0.3) is 0 Å². The smallest absolute Gasteiger partial charge is 0.191 e. The molecule has 0 amide bonds. The molecule has 0 spiro atoms. The molecule has 0 atom stereocenters. The maximum atomic E-state index is 10.8. The summed E-state index contributed by atoms with van der Waals surface area (Å²) < 4.78 is 26.9. The standard InChI is InChI=1S/C8H17N3O3S.HI/c1-15(12,13)7-2-10-8(9)11-3-5-14-6-4-11;/h2-7H2,1H3,(H2,9,10);1H. The second kappa shape index (κ2) is 7.28. The largest absolute Gasteiger partial charge is 0.378 e. The van der Waals surface area contributed by atoms with Crippen molar-refractivity contribution in [2.24, 2.45) is 10.7 Å². The van der Waals surface area contributed by atoms with Gasteiger partial charge in [-0.25, -0.2) is 8.42 Å². The van der Waals surface area contributed by atoms with Gasteiger partial charge in [0.2, 0.25) is 0 Å². The molecule has 0 saturated carbocycles. The maximum Gasteiger partial charge on any atom is 0.191 e. The molecule has 1 aliphatic heterocycles. The number of aliphatic imine (C=N–C) groups is 1. The Balaban J connectivity index is 0.00000225. The van der Waals surface area contributed by atoms with E-state index >= 15 is 0 Å². The Morgan fingerprint density at radius 2 is 2.00 bits per heavy atom. The van der Waals surface area contributed by atoms with E-state index < -0.39 is 9.84 Å². The fraction of sp³-hybridized carbons (Fsp3) is 0.875. The van der Waals surface area contributed by atoms with Crippen LogP contribution in [0.4, 0.5) is 0 Å². The highest BCUT2D eigenvalue weighted by molar-refractivity contribution is 14.0. The fourth-order valence-corrected chi connectivity index (χ4v) is 1.64. The average molecular weight is 363 g/mol. The van der Waals surface area contributed by atoms with Crippen LogP contribution < -0.4 is 5.73 Å². The first kappa shape index (κ1) is 15.9. The van der Waals surface area contributed by atoms with Crippen molar-refractivity contribution in [3.63, 3.8) is 0 Å². The molecule has 96 valence electrons. The van der Waals surface area contributed by atoms with Crippen molar-refractivity contribution in [1.82, 2.24) is 4.90 Å². The zero-order valence-corrected chi connectivity index (χ0v) is 12.4. The van der Waals surface area contributed by atoms with Gasteiger partial charge >= 0.3 is 0 Å². The maximum absolute atomic E-state index is 10.8. The number of ether oxygens (including phenoxy) is 1. The molecule has 0 aromatic heterocycles. The molecule has 0 bridgehead atoms. The molecule has 0 aromatic carbocycles. The van der Waals surface area contributed by atoms with E-state index in [9.17, 15) is 8.42 Å². The van der Waals surface area contributed by atoms with E-state index in [2.05, 4.69) is 4.99 Å². The van der Waals surface area contributed by atoms with E-state index in [1.807, 2.05) is 4.90 Å². The van der Waals surface area contributed by atoms with Gasteiger partial charge in [0.15, 0.2) is 5.96 Å². The lowest BCUT2D eigenvalue weighted by molar-refractivity contribution is 0.0674. The minimum Gasteiger partial charge on any atom is -0.378 e. The lowest BCUT2D eigenvalue weighted by Gasteiger charge is -2.27. The summed E-state index contributed by atoms with van der Waals surface area (Å²) in [6.45, 7) is 2.94. The molecule has 1 rings (SSSR count). The second-order valence-electron chi connectivity index (χ2n) is 3.47. The Kier molecular flexibility index (Phi) is 7.24. The molecular formula is C8H18IN3O3S. The van der Waals surface area contributed by atoms with Crippen molar-refractivity contribution in [2.45, 2.75) is 0 Å². The van der Waals surface area contributed by atoms with Crippen LogP contribution in [0.3, 0.4) is 0 Å². The number of hydrogen-bond acceptors (Lipinski definition) is 4. The zero-order valence-electron chi connectivity index (χ0n) is 9.26. The monoisotopic (exact) mass is 363 g/mol. The number of morpholine rings is 1. The molecule has 0 aliphatic carbocycles. The number of rotatable bonds is 3. The highest BCUT2D eigenvalue weighted by atomic mass is 127. The number of guanidine groups is 1. The molecule has 1 saturated heterocycles. The summed E-state index contributed by atoms with van der Waals surface area (Å²) in [5, 5.41) is 0. The van der Waals surface area contributed by atoms with Crippen LogP contribution in [0, 0.1) is 0 Å². The number of nitrogens with zero attached hydrogens (tertiary/aromatic N) is 2. The molecule has 1 fully saturated rings. The Hall–Kier alpha value is -0.0900. The molecule has 6 nitrogen and oxygen atoms in total. The third-order valence-corrected chi connectivity index (χ3v) is 3.00. The van der Waals surface area contributed by atoms with Gasteiger partial charge in [-0.15, -0.1) is 24.0 Å². The minimum absolute atomic E-state index is 0. The predicted octanol–water partition coefficient (Wildman–Crippen LogP) is -0.704. The third-order valence-electron chi connectivity index (χ3n) is 2.07. The normalized spacial score (nSPS) is 18.1. The fourth-order valence-electron chi connectivity index (χ4n) is 1.22. The SMILES string of the molecule is CS(=O)(=O)CCN=C(N)N1CCOCC1.I. The van der Waals surface area contributed by atoms with Crippen molar-refractivity contribution in [3.8, 4) is 0 Å². The molecular weight excluding hydrogens is 345 g/mol. The van der Waals surface area contributed by atoms with Crippen LogP contribution in [0.5, 0.6) is 0 Å². The van der Waals surface area contributed by atoms with Crippen LogP contribution in [-0.2, 0) is 14.6 Å². The summed E-state index contributed by atoms with van der Waals surface area (Å²) in [6.07, 6.45) is 1.19. The molecule has 16 heavy (non-hydrogen) atoms. The van der Waals surface area contributed by atoms with Crippen molar-refractivity contribution < 1.29 is 13.2 Å². The molecule has 2 N–H and O–H groups in total. The summed E-state index contributed by atoms with van der Waals surface area (Å²) in [6, 6.07) is 0. The quantitative estimate of drug-likeness (QED) is 0.407. The highest BCUT2D eigenvalue weighted by Crippen LogP contribution is 1.96. The molecule has 1 heterocycles. The van der Waals surface area contributed by atoms with Crippen LogP contribution in [0.2, 0.25) is 0 Å². The number of hydrogen-bond donors (Lipinski definition) is 1. The first-order valence-corrected chi connectivity index (χ1v) is 6.85. The van der Waals surface area contributed by atoms with Gasteiger partial charge < -0.3 is 15.4 Å². The molecule has 8 heteroatoms. The Labute approximate surface area is 113 Å². The van der Waals surface area contributed by atoms with Crippen molar-refractivity contribution in [1.29, 1.82) is 0 Å². The van der Waals surface area contributed by atoms with Crippen LogP contribution >= 0.6 is 24.0 Å². The summed E-state index contributed by atoms with van der Waals surface area (Å²) in [7, 11) is -2.96. The van der Waals surface area contributed by atoms with Gasteiger partial charge in [0.1, 0.15) is 9.84 Å². The van der Waals surface area contributed by atoms with Gasteiger partial charge in [-0.05, 0) is 0 Å². The number of halogens is 1. The van der Waals surface area contributed by atoms with Crippen LogP contribution in [-0.4, -0.2) is 64.1 Å². The lowest BCUT2D eigenvalue weighted by Crippen LogP contribution is -2.45. The van der Waals surface area contributed by atoms with Gasteiger partial charge in [-0.1, -0.05) is 0 Å². The van der Waals surface area contributed by atoms with E-state index in [-0.39, 0.29) is 36.3 Å². The van der Waals surface area contributed by atoms with Crippen LogP contribution in [0.15, 0.2) is 4.99 Å². The Morgan fingerprint density at radius 1 is 1.44 bits per heavy atom. The van der Waals surface area contributed by atoms with Crippen LogP contribution in [0.25, 0.3) is 0 Å². The van der Waals surface area contributed by atoms with E-state index in [1.165, 1.54) is 6.26 Å². The summed E-state index contributed by atoms with van der Waals surface area (Å²) in [5.41, 5.74) is 5.70.